The number of aliphatic imine (C=N–C) groups is 1. The number of rotatable bonds is 5. The highest BCUT2D eigenvalue weighted by Crippen LogP contribution is 2.19. The molecule has 0 radical (unpaired) electrons. The minimum absolute atomic E-state index is 0.0278. The highest BCUT2D eigenvalue weighted by molar-refractivity contribution is 7.92. The maximum atomic E-state index is 12.5. The molecule has 138 valence electrons. The van der Waals surface area contributed by atoms with Crippen molar-refractivity contribution in [2.24, 2.45) is 10.7 Å². The van der Waals surface area contributed by atoms with Crippen molar-refractivity contribution in [3.63, 3.8) is 0 Å². The first-order chi connectivity index (χ1) is 12.8. The largest absolute Gasteiger partial charge is 0.381 e. The SMILES string of the molecule is Cc1cc(C)nc(NS(=O)(=O)c2ccc(N=C(N)c3ncccn3)cc2)n1. The average molecular weight is 383 g/mol. The second-order valence-electron chi connectivity index (χ2n) is 5.64. The van der Waals surface area contributed by atoms with Crippen LogP contribution in [0.4, 0.5) is 11.6 Å². The van der Waals surface area contributed by atoms with Gasteiger partial charge >= 0.3 is 0 Å². The zero-order valence-electron chi connectivity index (χ0n) is 14.7. The minimum atomic E-state index is -3.82. The Bertz CT molecular complexity index is 1060. The number of aromatic nitrogens is 4. The highest BCUT2D eigenvalue weighted by Gasteiger charge is 2.16. The minimum Gasteiger partial charge on any atom is -0.381 e. The Hall–Kier alpha value is -3.40. The molecule has 0 saturated carbocycles. The molecule has 0 fully saturated rings. The van der Waals surface area contributed by atoms with E-state index < -0.39 is 10.0 Å². The molecule has 3 aromatic rings. The summed E-state index contributed by atoms with van der Waals surface area (Å²) in [7, 11) is -3.82. The van der Waals surface area contributed by atoms with Crippen LogP contribution in [-0.4, -0.2) is 34.2 Å². The summed E-state index contributed by atoms with van der Waals surface area (Å²) in [5, 5.41) is 0. The van der Waals surface area contributed by atoms with Gasteiger partial charge in [0.15, 0.2) is 11.7 Å². The molecule has 10 heteroatoms. The van der Waals surface area contributed by atoms with E-state index >= 15 is 0 Å². The summed E-state index contributed by atoms with van der Waals surface area (Å²) in [4.78, 5) is 20.4. The van der Waals surface area contributed by atoms with Crippen LogP contribution in [0.3, 0.4) is 0 Å². The van der Waals surface area contributed by atoms with Gasteiger partial charge in [0.2, 0.25) is 5.95 Å². The monoisotopic (exact) mass is 383 g/mol. The summed E-state index contributed by atoms with van der Waals surface area (Å²) in [5.74, 6) is 0.455. The van der Waals surface area contributed by atoms with Crippen molar-refractivity contribution in [2.45, 2.75) is 18.7 Å². The van der Waals surface area contributed by atoms with E-state index in [0.29, 0.717) is 22.9 Å². The molecule has 2 heterocycles. The van der Waals surface area contributed by atoms with Gasteiger partial charge in [0.1, 0.15) is 0 Å². The summed E-state index contributed by atoms with van der Waals surface area (Å²) < 4.78 is 27.4. The van der Waals surface area contributed by atoms with E-state index in [-0.39, 0.29) is 16.7 Å². The highest BCUT2D eigenvalue weighted by atomic mass is 32.2. The van der Waals surface area contributed by atoms with Gasteiger partial charge in [0, 0.05) is 23.8 Å². The third-order valence-corrected chi connectivity index (χ3v) is 4.74. The number of anilines is 1. The molecule has 3 rings (SSSR count). The summed E-state index contributed by atoms with van der Waals surface area (Å²) in [6.07, 6.45) is 3.11. The Balaban J connectivity index is 1.81. The Labute approximate surface area is 156 Å². The number of hydrogen-bond acceptors (Lipinski definition) is 7. The lowest BCUT2D eigenvalue weighted by atomic mass is 10.3. The predicted octanol–water partition coefficient (Wildman–Crippen LogP) is 1.72. The molecule has 0 unspecified atom stereocenters. The molecule has 0 aliphatic carbocycles. The van der Waals surface area contributed by atoms with Crippen LogP contribution < -0.4 is 10.5 Å². The molecule has 9 nitrogen and oxygen atoms in total. The fourth-order valence-electron chi connectivity index (χ4n) is 2.27. The summed E-state index contributed by atoms with van der Waals surface area (Å²) in [5.41, 5.74) is 7.67. The lowest BCUT2D eigenvalue weighted by Crippen LogP contribution is -2.16. The Morgan fingerprint density at radius 1 is 1.04 bits per heavy atom. The first kappa shape index (κ1) is 18.4. The fraction of sp³-hybridized carbons (Fsp3) is 0.118. The van der Waals surface area contributed by atoms with Crippen molar-refractivity contribution in [3.05, 3.63) is 66.0 Å². The molecular formula is C17H17N7O2S. The van der Waals surface area contributed by atoms with Gasteiger partial charge in [-0.1, -0.05) is 0 Å². The van der Waals surface area contributed by atoms with Crippen LogP contribution in [-0.2, 0) is 10.0 Å². The van der Waals surface area contributed by atoms with E-state index in [1.165, 1.54) is 24.3 Å². The second kappa shape index (κ2) is 7.46. The zero-order chi connectivity index (χ0) is 19.4. The average Bonchev–Trinajstić information content (AvgIpc) is 2.61. The Morgan fingerprint density at radius 3 is 2.22 bits per heavy atom. The van der Waals surface area contributed by atoms with Crippen molar-refractivity contribution in [1.82, 2.24) is 19.9 Å². The third kappa shape index (κ3) is 4.61. The number of nitrogens with one attached hydrogen (secondary N) is 1. The van der Waals surface area contributed by atoms with Crippen molar-refractivity contribution in [2.75, 3.05) is 4.72 Å². The molecule has 2 aromatic heterocycles. The first-order valence-corrected chi connectivity index (χ1v) is 9.38. The number of amidine groups is 1. The third-order valence-electron chi connectivity index (χ3n) is 3.40. The number of benzene rings is 1. The van der Waals surface area contributed by atoms with E-state index in [2.05, 4.69) is 29.7 Å². The maximum absolute atomic E-state index is 12.5. The van der Waals surface area contributed by atoms with E-state index in [1.807, 2.05) is 0 Å². The second-order valence-corrected chi connectivity index (χ2v) is 7.33. The fourth-order valence-corrected chi connectivity index (χ4v) is 3.21. The number of aryl methyl sites for hydroxylation is 2. The van der Waals surface area contributed by atoms with Crippen LogP contribution >= 0.6 is 0 Å². The van der Waals surface area contributed by atoms with Gasteiger partial charge in [0.05, 0.1) is 10.6 Å². The molecule has 0 saturated heterocycles. The Morgan fingerprint density at radius 2 is 1.63 bits per heavy atom. The topological polar surface area (TPSA) is 136 Å². The molecule has 0 atom stereocenters. The van der Waals surface area contributed by atoms with Crippen LogP contribution in [0.25, 0.3) is 0 Å². The number of hydrogen-bond donors (Lipinski definition) is 2. The van der Waals surface area contributed by atoms with E-state index in [1.54, 1.807) is 38.4 Å². The van der Waals surface area contributed by atoms with Gasteiger partial charge in [-0.3, -0.25) is 0 Å². The van der Waals surface area contributed by atoms with Gasteiger partial charge < -0.3 is 5.73 Å². The van der Waals surface area contributed by atoms with Gasteiger partial charge in [0.25, 0.3) is 10.0 Å². The van der Waals surface area contributed by atoms with Gasteiger partial charge in [-0.25, -0.2) is 38.1 Å². The summed E-state index contributed by atoms with van der Waals surface area (Å²) in [6.45, 7) is 3.53. The van der Waals surface area contributed by atoms with E-state index in [4.69, 9.17) is 5.73 Å². The van der Waals surface area contributed by atoms with Crippen molar-refractivity contribution in [1.29, 1.82) is 0 Å². The number of nitrogens with zero attached hydrogens (tertiary/aromatic N) is 5. The standard InChI is InChI=1S/C17H17N7O2S/c1-11-10-12(2)22-17(21-11)24-27(25,26)14-6-4-13(5-7-14)23-15(18)16-19-8-3-9-20-16/h3-10H,1-2H3,(H2,18,23)(H,21,22,24). The van der Waals surface area contributed by atoms with Crippen molar-refractivity contribution in [3.8, 4) is 0 Å². The van der Waals surface area contributed by atoms with Crippen LogP contribution in [0.5, 0.6) is 0 Å². The lowest BCUT2D eigenvalue weighted by Gasteiger charge is -2.08. The molecule has 3 N–H and O–H groups in total. The smallest absolute Gasteiger partial charge is 0.264 e. The molecule has 0 amide bonds. The summed E-state index contributed by atoms with van der Waals surface area (Å²) in [6, 6.07) is 9.33. The zero-order valence-corrected chi connectivity index (χ0v) is 15.5. The molecule has 0 aliphatic heterocycles. The maximum Gasteiger partial charge on any atom is 0.264 e. The van der Waals surface area contributed by atoms with Gasteiger partial charge in [-0.15, -0.1) is 0 Å². The number of sulfonamides is 1. The molecular weight excluding hydrogens is 366 g/mol. The molecule has 27 heavy (non-hydrogen) atoms. The van der Waals surface area contributed by atoms with E-state index in [9.17, 15) is 8.42 Å². The number of nitrogens with two attached hydrogens (primary N) is 1. The van der Waals surface area contributed by atoms with Crippen molar-refractivity contribution < 1.29 is 8.42 Å². The lowest BCUT2D eigenvalue weighted by molar-refractivity contribution is 0.601. The molecule has 0 bridgehead atoms. The normalized spacial score (nSPS) is 12.0. The first-order valence-electron chi connectivity index (χ1n) is 7.90. The van der Waals surface area contributed by atoms with Crippen LogP contribution in [0.1, 0.15) is 17.2 Å². The molecule has 0 aliphatic rings. The molecule has 0 spiro atoms. The Kier molecular flexibility index (Phi) is 5.08. The summed E-state index contributed by atoms with van der Waals surface area (Å²) >= 11 is 0. The quantitative estimate of drug-likeness (QED) is 0.505. The predicted molar refractivity (Wildman–Crippen MR) is 101 cm³/mol. The van der Waals surface area contributed by atoms with Gasteiger partial charge in [-0.2, -0.15) is 0 Å². The van der Waals surface area contributed by atoms with Crippen LogP contribution in [0, 0.1) is 13.8 Å². The van der Waals surface area contributed by atoms with Crippen LogP contribution in [0.2, 0.25) is 0 Å². The molecule has 1 aromatic carbocycles. The van der Waals surface area contributed by atoms with Gasteiger partial charge in [-0.05, 0) is 50.2 Å². The van der Waals surface area contributed by atoms with E-state index in [0.717, 1.165) is 0 Å². The van der Waals surface area contributed by atoms with Crippen LogP contribution in [0.15, 0.2) is 58.7 Å². The van der Waals surface area contributed by atoms with Crippen molar-refractivity contribution >= 4 is 27.5 Å².